The van der Waals surface area contributed by atoms with Crippen LogP contribution in [0.15, 0.2) is 48.5 Å². The fourth-order valence-electron chi connectivity index (χ4n) is 2.61. The summed E-state index contributed by atoms with van der Waals surface area (Å²) in [5.41, 5.74) is 14.3. The minimum atomic E-state index is -0.273. The van der Waals surface area contributed by atoms with E-state index in [2.05, 4.69) is 10.1 Å². The molecule has 1 amide bonds. The Morgan fingerprint density at radius 2 is 1.50 bits per heavy atom. The van der Waals surface area contributed by atoms with Crippen LogP contribution in [-0.2, 0) is 4.74 Å². The van der Waals surface area contributed by atoms with Gasteiger partial charge in [-0.2, -0.15) is 0 Å². The average molecular weight is 477 g/mol. The molecule has 0 fully saturated rings. The Hall–Kier alpha value is -2.81. The van der Waals surface area contributed by atoms with E-state index in [1.54, 1.807) is 31.4 Å². The predicted molar refractivity (Wildman–Crippen MR) is 142 cm³/mol. The maximum atomic E-state index is 11.7. The molecule has 0 aliphatic rings. The van der Waals surface area contributed by atoms with Crippen molar-refractivity contribution in [2.24, 2.45) is 0 Å². The van der Waals surface area contributed by atoms with E-state index in [1.165, 1.54) is 5.69 Å². The van der Waals surface area contributed by atoms with E-state index < -0.39 is 0 Å². The van der Waals surface area contributed by atoms with Crippen LogP contribution >= 0.6 is 0 Å². The summed E-state index contributed by atoms with van der Waals surface area (Å²) in [6, 6.07) is 14.7. The molecule has 8 heteroatoms. The lowest BCUT2D eigenvalue weighted by Crippen LogP contribution is -2.24. The van der Waals surface area contributed by atoms with Gasteiger partial charge in [0.1, 0.15) is 0 Å². The first-order valence-electron chi connectivity index (χ1n) is 11.7. The van der Waals surface area contributed by atoms with Gasteiger partial charge in [-0.3, -0.25) is 4.79 Å². The first-order valence-corrected chi connectivity index (χ1v) is 11.7. The van der Waals surface area contributed by atoms with Crippen LogP contribution in [0.4, 0.5) is 17.1 Å². The van der Waals surface area contributed by atoms with E-state index >= 15 is 0 Å². The SMILES string of the molecule is CCC(O)COC.CN(C)c1ccc(N)cc1.Nc1ccc(C(=O)NCCCCCCO)cc1. The molecule has 2 rings (SSSR count). The van der Waals surface area contributed by atoms with Crippen LogP contribution in [0.25, 0.3) is 0 Å². The number of benzene rings is 2. The van der Waals surface area contributed by atoms with Crippen molar-refractivity contribution in [3.05, 3.63) is 54.1 Å². The van der Waals surface area contributed by atoms with Gasteiger partial charge in [-0.05, 0) is 67.8 Å². The number of carbonyl (C=O) groups excluding carboxylic acids is 1. The van der Waals surface area contributed by atoms with Crippen LogP contribution in [0.1, 0.15) is 49.4 Å². The summed E-state index contributed by atoms with van der Waals surface area (Å²) in [5, 5.41) is 20.2. The number of nitrogens with zero attached hydrogens (tertiary/aromatic N) is 1. The Balaban J connectivity index is 0.000000541. The standard InChI is InChI=1S/C13H20N2O2.C8H12N2.C5H12O2/c14-12-7-5-11(6-8-12)13(17)15-9-3-1-2-4-10-16;1-10(2)8-5-3-7(9)4-6-8;1-3-5(6)4-7-2/h5-8,16H,1-4,9-10,14H2,(H,15,17);3-6H,9H2,1-2H3;5-6H,3-4H2,1-2H3. The second-order valence-corrected chi connectivity index (χ2v) is 8.02. The first-order chi connectivity index (χ1) is 16.2. The number of nitrogen functional groups attached to an aromatic ring is 2. The number of hydrogen-bond donors (Lipinski definition) is 5. The minimum absolute atomic E-state index is 0.0628. The number of ether oxygens (including phenoxy) is 1. The molecule has 0 aliphatic heterocycles. The summed E-state index contributed by atoms with van der Waals surface area (Å²) in [7, 11) is 5.59. The Bertz CT molecular complexity index is 752. The van der Waals surface area contributed by atoms with E-state index in [0.717, 1.165) is 37.8 Å². The summed E-state index contributed by atoms with van der Waals surface area (Å²) >= 11 is 0. The molecule has 2 aromatic carbocycles. The first kappa shape index (κ1) is 31.2. The van der Waals surface area contributed by atoms with Gasteiger partial charge in [0.2, 0.25) is 0 Å². The zero-order valence-corrected chi connectivity index (χ0v) is 21.2. The van der Waals surface area contributed by atoms with Crippen molar-refractivity contribution in [2.75, 3.05) is 57.3 Å². The molecule has 0 spiro atoms. The Morgan fingerprint density at radius 1 is 0.971 bits per heavy atom. The van der Waals surface area contributed by atoms with Crippen molar-refractivity contribution in [3.8, 4) is 0 Å². The third kappa shape index (κ3) is 15.9. The van der Waals surface area contributed by atoms with E-state index in [9.17, 15) is 4.79 Å². The lowest BCUT2D eigenvalue weighted by molar-refractivity contribution is 0.0625. The van der Waals surface area contributed by atoms with Crippen molar-refractivity contribution < 1.29 is 19.7 Å². The van der Waals surface area contributed by atoms with Gasteiger partial charge < -0.3 is 36.6 Å². The summed E-state index contributed by atoms with van der Waals surface area (Å²) in [4.78, 5) is 13.7. The Morgan fingerprint density at radius 3 is 1.94 bits per heavy atom. The Labute approximate surface area is 204 Å². The molecule has 0 saturated heterocycles. The fraction of sp³-hybridized carbons (Fsp3) is 0.500. The van der Waals surface area contributed by atoms with Gasteiger partial charge in [-0.1, -0.05) is 19.8 Å². The quantitative estimate of drug-likeness (QED) is 0.248. The second-order valence-electron chi connectivity index (χ2n) is 8.02. The lowest BCUT2D eigenvalue weighted by Gasteiger charge is -2.11. The van der Waals surface area contributed by atoms with Gasteiger partial charge in [0.15, 0.2) is 0 Å². The number of nitrogens with two attached hydrogens (primary N) is 2. The number of carbonyl (C=O) groups is 1. The molecule has 0 aliphatic carbocycles. The largest absolute Gasteiger partial charge is 0.399 e. The molecule has 2 aromatic rings. The third-order valence-corrected chi connectivity index (χ3v) is 4.78. The van der Waals surface area contributed by atoms with Crippen LogP contribution in [0.3, 0.4) is 0 Å². The van der Waals surface area contributed by atoms with Gasteiger partial charge in [-0.25, -0.2) is 0 Å². The predicted octanol–water partition coefficient (Wildman–Crippen LogP) is 3.29. The molecular weight excluding hydrogens is 432 g/mol. The number of hydrogen-bond acceptors (Lipinski definition) is 7. The van der Waals surface area contributed by atoms with E-state index in [4.69, 9.17) is 21.7 Å². The summed E-state index contributed by atoms with van der Waals surface area (Å²) < 4.78 is 4.64. The van der Waals surface area contributed by atoms with Crippen molar-refractivity contribution in [2.45, 2.75) is 45.1 Å². The number of unbranched alkanes of at least 4 members (excludes halogenated alkanes) is 3. The van der Waals surface area contributed by atoms with Crippen molar-refractivity contribution in [1.82, 2.24) is 5.32 Å². The summed E-state index contributed by atoms with van der Waals surface area (Å²) in [6.45, 7) is 3.30. The summed E-state index contributed by atoms with van der Waals surface area (Å²) in [5.74, 6) is -0.0628. The number of aliphatic hydroxyl groups excluding tert-OH is 2. The highest BCUT2D eigenvalue weighted by Crippen LogP contribution is 2.12. The van der Waals surface area contributed by atoms with Gasteiger partial charge in [0.05, 0.1) is 12.7 Å². The second kappa shape index (κ2) is 19.6. The zero-order chi connectivity index (χ0) is 25.8. The van der Waals surface area contributed by atoms with E-state index in [0.29, 0.717) is 24.4 Å². The molecule has 7 N–H and O–H groups in total. The van der Waals surface area contributed by atoms with E-state index in [-0.39, 0.29) is 18.6 Å². The van der Waals surface area contributed by atoms with E-state index in [1.807, 2.05) is 50.2 Å². The van der Waals surface area contributed by atoms with Crippen LogP contribution in [-0.4, -0.2) is 63.2 Å². The topological polar surface area (TPSA) is 134 Å². The molecule has 0 bridgehead atoms. The molecular formula is C26H44N4O4. The summed E-state index contributed by atoms with van der Waals surface area (Å²) in [6.07, 6.45) is 4.32. The maximum absolute atomic E-state index is 11.7. The molecule has 0 saturated carbocycles. The molecule has 34 heavy (non-hydrogen) atoms. The highest BCUT2D eigenvalue weighted by Gasteiger charge is 2.03. The monoisotopic (exact) mass is 476 g/mol. The number of methoxy groups -OCH3 is 1. The van der Waals surface area contributed by atoms with Gasteiger partial charge in [0.25, 0.3) is 5.91 Å². The number of anilines is 3. The maximum Gasteiger partial charge on any atom is 0.251 e. The van der Waals surface area contributed by atoms with Gasteiger partial charge in [0, 0.05) is 57.0 Å². The van der Waals surface area contributed by atoms with Crippen LogP contribution in [0, 0.1) is 0 Å². The fourth-order valence-corrected chi connectivity index (χ4v) is 2.61. The highest BCUT2D eigenvalue weighted by molar-refractivity contribution is 5.94. The molecule has 1 unspecified atom stereocenters. The number of rotatable bonds is 11. The number of aliphatic hydroxyl groups is 2. The lowest BCUT2D eigenvalue weighted by atomic mass is 10.2. The molecule has 0 aromatic heterocycles. The molecule has 1 atom stereocenters. The Kier molecular flexibility index (Phi) is 18.0. The minimum Gasteiger partial charge on any atom is -0.399 e. The van der Waals surface area contributed by atoms with Crippen molar-refractivity contribution >= 4 is 23.0 Å². The van der Waals surface area contributed by atoms with Gasteiger partial charge >= 0.3 is 0 Å². The molecule has 0 heterocycles. The van der Waals surface area contributed by atoms with Gasteiger partial charge in [-0.15, -0.1) is 0 Å². The zero-order valence-electron chi connectivity index (χ0n) is 21.2. The smallest absolute Gasteiger partial charge is 0.251 e. The van der Waals surface area contributed by atoms with Crippen LogP contribution in [0.5, 0.6) is 0 Å². The van der Waals surface area contributed by atoms with Crippen LogP contribution in [0.2, 0.25) is 0 Å². The number of amides is 1. The molecule has 192 valence electrons. The highest BCUT2D eigenvalue weighted by atomic mass is 16.5. The number of nitrogens with one attached hydrogen (secondary N) is 1. The normalized spacial score (nSPS) is 10.8. The average Bonchev–Trinajstić information content (AvgIpc) is 2.83. The third-order valence-electron chi connectivity index (χ3n) is 4.78. The molecule has 8 nitrogen and oxygen atoms in total. The van der Waals surface area contributed by atoms with Crippen molar-refractivity contribution in [1.29, 1.82) is 0 Å². The van der Waals surface area contributed by atoms with Crippen LogP contribution < -0.4 is 21.7 Å². The van der Waals surface area contributed by atoms with Crippen molar-refractivity contribution in [3.63, 3.8) is 0 Å². The molecule has 0 radical (unpaired) electrons.